The molecule has 2 heterocycles. The van der Waals surface area contributed by atoms with Crippen molar-refractivity contribution in [2.45, 2.75) is 0 Å². The predicted octanol–water partition coefficient (Wildman–Crippen LogP) is 15.1. The van der Waals surface area contributed by atoms with E-state index in [2.05, 4.69) is 193 Å². The van der Waals surface area contributed by atoms with Gasteiger partial charge in [-0.25, -0.2) is 0 Å². The van der Waals surface area contributed by atoms with Crippen LogP contribution in [0.1, 0.15) is 0 Å². The van der Waals surface area contributed by atoms with E-state index < -0.39 is 0 Å². The smallest absolute Gasteiger partial charge is 0.145 e. The highest BCUT2D eigenvalue weighted by atomic mass is 32.1. The average molecular weight is 694 g/mol. The number of hydrogen-bond acceptors (Lipinski definition) is 3. The van der Waals surface area contributed by atoms with Crippen LogP contribution in [0.25, 0.3) is 85.9 Å². The Morgan fingerprint density at radius 1 is 0.415 bits per heavy atom. The summed E-state index contributed by atoms with van der Waals surface area (Å²) >= 11 is 1.85. The largest absolute Gasteiger partial charge is 0.455 e. The molecule has 0 N–H and O–H groups in total. The maximum atomic E-state index is 6.87. The van der Waals surface area contributed by atoms with Crippen molar-refractivity contribution in [1.82, 2.24) is 0 Å². The van der Waals surface area contributed by atoms with Crippen LogP contribution in [0.4, 0.5) is 17.1 Å². The second-order valence-corrected chi connectivity index (χ2v) is 14.7. The van der Waals surface area contributed by atoms with Gasteiger partial charge in [-0.1, -0.05) is 140 Å². The number of anilines is 3. The average Bonchev–Trinajstić information content (AvgIpc) is 3.81. The monoisotopic (exact) mass is 693 g/mol. The maximum Gasteiger partial charge on any atom is 0.145 e. The summed E-state index contributed by atoms with van der Waals surface area (Å²) in [5.41, 5.74) is 9.72. The van der Waals surface area contributed by atoms with Crippen LogP contribution in [0.3, 0.4) is 0 Å². The van der Waals surface area contributed by atoms with Crippen molar-refractivity contribution in [3.8, 4) is 22.3 Å². The van der Waals surface area contributed by atoms with Gasteiger partial charge in [0.25, 0.3) is 0 Å². The molecule has 0 aliphatic heterocycles. The molecule has 2 aromatic heterocycles. The fraction of sp³-hybridized carbons (Fsp3) is 0. The summed E-state index contributed by atoms with van der Waals surface area (Å²) in [6.45, 7) is 0. The van der Waals surface area contributed by atoms with Gasteiger partial charge in [-0.3, -0.25) is 0 Å². The van der Waals surface area contributed by atoms with E-state index in [0.29, 0.717) is 0 Å². The van der Waals surface area contributed by atoms with Gasteiger partial charge in [0.1, 0.15) is 11.2 Å². The zero-order valence-corrected chi connectivity index (χ0v) is 29.5. The molecule has 0 amide bonds. The Kier molecular flexibility index (Phi) is 6.76. The summed E-state index contributed by atoms with van der Waals surface area (Å²) in [6.07, 6.45) is 0. The number of thiophene rings is 1. The fourth-order valence-electron chi connectivity index (χ4n) is 8.16. The van der Waals surface area contributed by atoms with Gasteiger partial charge in [-0.05, 0) is 86.8 Å². The number of rotatable bonds is 5. The minimum atomic E-state index is 0.878. The molecule has 11 rings (SSSR count). The van der Waals surface area contributed by atoms with Crippen molar-refractivity contribution in [2.75, 3.05) is 4.90 Å². The summed E-state index contributed by atoms with van der Waals surface area (Å²) in [6, 6.07) is 67.9. The van der Waals surface area contributed by atoms with Gasteiger partial charge in [-0.15, -0.1) is 11.3 Å². The van der Waals surface area contributed by atoms with Gasteiger partial charge in [-0.2, -0.15) is 0 Å². The first-order valence-corrected chi connectivity index (χ1v) is 18.8. The van der Waals surface area contributed by atoms with E-state index >= 15 is 0 Å². The fourth-order valence-corrected chi connectivity index (χ4v) is 9.36. The van der Waals surface area contributed by atoms with Gasteiger partial charge in [0.15, 0.2) is 0 Å². The lowest BCUT2D eigenvalue weighted by atomic mass is 9.95. The van der Waals surface area contributed by atoms with Crippen LogP contribution in [0, 0.1) is 0 Å². The van der Waals surface area contributed by atoms with E-state index in [1.54, 1.807) is 0 Å². The van der Waals surface area contributed by atoms with E-state index in [9.17, 15) is 0 Å². The molecule has 0 aliphatic carbocycles. The third-order valence-electron chi connectivity index (χ3n) is 10.7. The lowest BCUT2D eigenvalue weighted by Crippen LogP contribution is -2.10. The van der Waals surface area contributed by atoms with Gasteiger partial charge in [0.05, 0.1) is 21.5 Å². The van der Waals surface area contributed by atoms with E-state index in [0.717, 1.165) is 50.1 Å². The Hall–Kier alpha value is -6.68. The van der Waals surface area contributed by atoms with Crippen molar-refractivity contribution in [1.29, 1.82) is 0 Å². The minimum absolute atomic E-state index is 0.878. The van der Waals surface area contributed by atoms with Crippen molar-refractivity contribution in [2.24, 2.45) is 0 Å². The molecule has 0 saturated carbocycles. The quantitative estimate of drug-likeness (QED) is 0.178. The zero-order chi connectivity index (χ0) is 34.9. The first-order valence-electron chi connectivity index (χ1n) is 18.0. The zero-order valence-electron chi connectivity index (χ0n) is 28.7. The number of fused-ring (bicyclic) bond motifs is 8. The summed E-state index contributed by atoms with van der Waals surface area (Å²) in [5.74, 6) is 0. The number of para-hydroxylation sites is 1. The molecule has 0 aliphatic rings. The number of benzene rings is 9. The SMILES string of the molecule is c1ccc2cc(-c3ccc(N(c4cccc5c4sc4ccccc45)c4ccc(-c5cccc6ccccc56)c5oc6ccccc6c45)cc3)ccc2c1. The van der Waals surface area contributed by atoms with Crippen molar-refractivity contribution >= 4 is 92.1 Å². The molecule has 53 heavy (non-hydrogen) atoms. The molecule has 0 radical (unpaired) electrons. The van der Waals surface area contributed by atoms with Crippen molar-refractivity contribution in [3.05, 3.63) is 188 Å². The maximum absolute atomic E-state index is 6.87. The molecular weight excluding hydrogens is 663 g/mol. The second kappa shape index (κ2) is 11.9. The van der Waals surface area contributed by atoms with E-state index in [-0.39, 0.29) is 0 Å². The van der Waals surface area contributed by atoms with Gasteiger partial charge >= 0.3 is 0 Å². The molecule has 0 saturated heterocycles. The van der Waals surface area contributed by atoms with Crippen LogP contribution in [-0.2, 0) is 0 Å². The molecule has 0 atom stereocenters. The number of nitrogens with zero attached hydrogens (tertiary/aromatic N) is 1. The second-order valence-electron chi connectivity index (χ2n) is 13.7. The highest BCUT2D eigenvalue weighted by molar-refractivity contribution is 7.26. The van der Waals surface area contributed by atoms with Gasteiger partial charge in [0, 0.05) is 32.1 Å². The van der Waals surface area contributed by atoms with Crippen LogP contribution in [-0.4, -0.2) is 0 Å². The van der Waals surface area contributed by atoms with Crippen LogP contribution in [0.2, 0.25) is 0 Å². The topological polar surface area (TPSA) is 16.4 Å². The molecular formula is C50H31NOS. The Morgan fingerprint density at radius 2 is 1.09 bits per heavy atom. The van der Waals surface area contributed by atoms with Gasteiger partial charge in [0.2, 0.25) is 0 Å². The first-order chi connectivity index (χ1) is 26.3. The minimum Gasteiger partial charge on any atom is -0.455 e. The highest BCUT2D eigenvalue weighted by Gasteiger charge is 2.24. The van der Waals surface area contributed by atoms with Crippen LogP contribution in [0.5, 0.6) is 0 Å². The Labute approximate surface area is 310 Å². The summed E-state index contributed by atoms with van der Waals surface area (Å²) in [4.78, 5) is 2.44. The standard InChI is InChI=1S/C50H31NOS/c1-2-13-35-31-36(24-23-32(35)11-1)33-25-27-37(28-26-33)51(45-20-10-19-42-40-16-6-8-22-47(40)53-50(42)45)44-30-29-41(39-18-9-14-34-12-3-4-15-38(34)39)49-48(44)43-17-5-7-21-46(43)52-49/h1-31H. The number of furan rings is 1. The normalized spacial score (nSPS) is 11.8. The number of hydrogen-bond donors (Lipinski definition) is 0. The molecule has 0 unspecified atom stereocenters. The molecule has 9 aromatic carbocycles. The Bertz CT molecular complexity index is 3180. The van der Waals surface area contributed by atoms with Crippen LogP contribution >= 0.6 is 11.3 Å². The molecule has 248 valence electrons. The van der Waals surface area contributed by atoms with E-state index in [4.69, 9.17) is 4.42 Å². The molecule has 0 fully saturated rings. The van der Waals surface area contributed by atoms with Crippen LogP contribution < -0.4 is 4.90 Å². The van der Waals surface area contributed by atoms with Crippen molar-refractivity contribution < 1.29 is 4.42 Å². The highest BCUT2D eigenvalue weighted by Crippen LogP contribution is 2.50. The lowest BCUT2D eigenvalue weighted by molar-refractivity contribution is 0.670. The predicted molar refractivity (Wildman–Crippen MR) is 227 cm³/mol. The third kappa shape index (κ3) is 4.78. The Balaban J connectivity index is 1.18. The third-order valence-corrected chi connectivity index (χ3v) is 11.9. The van der Waals surface area contributed by atoms with E-state index in [1.165, 1.54) is 52.8 Å². The summed E-state index contributed by atoms with van der Waals surface area (Å²) in [7, 11) is 0. The van der Waals surface area contributed by atoms with Crippen molar-refractivity contribution in [3.63, 3.8) is 0 Å². The Morgan fingerprint density at radius 3 is 1.98 bits per heavy atom. The van der Waals surface area contributed by atoms with Crippen LogP contribution in [0.15, 0.2) is 192 Å². The first kappa shape index (κ1) is 30.0. The summed E-state index contributed by atoms with van der Waals surface area (Å²) in [5, 5.41) is 9.66. The lowest BCUT2D eigenvalue weighted by Gasteiger charge is -2.27. The van der Waals surface area contributed by atoms with Gasteiger partial charge < -0.3 is 9.32 Å². The molecule has 0 spiro atoms. The summed E-state index contributed by atoms with van der Waals surface area (Å²) < 4.78 is 9.41. The molecule has 2 nitrogen and oxygen atoms in total. The molecule has 3 heteroatoms. The molecule has 11 aromatic rings. The van der Waals surface area contributed by atoms with E-state index in [1.807, 2.05) is 11.3 Å². The molecule has 0 bridgehead atoms.